The highest BCUT2D eigenvalue weighted by Crippen LogP contribution is 2.31. The number of hydrogen-bond donors (Lipinski definition) is 1. The second kappa shape index (κ2) is 7.64. The van der Waals surface area contributed by atoms with E-state index in [0.717, 1.165) is 33.6 Å². The standard InChI is InChI=1S/C23H22N4O/c1-15-10-11-21(28-3)19(13-15)16(2)25-23-18-8-4-5-9-20(18)26-22(27-23)17-7-6-12-24-14-17/h4-14,16H,1-3H3,(H,25,26,27). The van der Waals surface area contributed by atoms with E-state index in [9.17, 15) is 0 Å². The number of para-hydroxylation sites is 1. The summed E-state index contributed by atoms with van der Waals surface area (Å²) >= 11 is 0. The third kappa shape index (κ3) is 3.51. The topological polar surface area (TPSA) is 59.9 Å². The first-order valence-electron chi connectivity index (χ1n) is 9.24. The normalized spacial score (nSPS) is 12.0. The van der Waals surface area contributed by atoms with Gasteiger partial charge in [-0.05, 0) is 44.2 Å². The molecule has 1 unspecified atom stereocenters. The third-order valence-electron chi connectivity index (χ3n) is 4.73. The molecule has 4 rings (SSSR count). The summed E-state index contributed by atoms with van der Waals surface area (Å²) in [6.45, 7) is 4.19. The van der Waals surface area contributed by atoms with Crippen molar-refractivity contribution < 1.29 is 4.74 Å². The first-order chi connectivity index (χ1) is 13.7. The second-order valence-electron chi connectivity index (χ2n) is 6.77. The Hall–Kier alpha value is -3.47. The highest BCUT2D eigenvalue weighted by Gasteiger charge is 2.15. The van der Waals surface area contributed by atoms with Gasteiger partial charge < -0.3 is 10.1 Å². The molecule has 0 saturated heterocycles. The van der Waals surface area contributed by atoms with E-state index in [2.05, 4.69) is 36.3 Å². The van der Waals surface area contributed by atoms with Gasteiger partial charge in [-0.1, -0.05) is 29.8 Å². The van der Waals surface area contributed by atoms with Gasteiger partial charge in [0.2, 0.25) is 0 Å². The van der Waals surface area contributed by atoms with Crippen molar-refractivity contribution in [2.45, 2.75) is 19.9 Å². The molecule has 28 heavy (non-hydrogen) atoms. The van der Waals surface area contributed by atoms with Crippen LogP contribution in [0.25, 0.3) is 22.3 Å². The summed E-state index contributed by atoms with van der Waals surface area (Å²) in [5, 5.41) is 4.54. The van der Waals surface area contributed by atoms with Crippen molar-refractivity contribution in [3.63, 3.8) is 0 Å². The number of rotatable bonds is 5. The van der Waals surface area contributed by atoms with Crippen molar-refractivity contribution >= 4 is 16.7 Å². The van der Waals surface area contributed by atoms with Gasteiger partial charge in [-0.15, -0.1) is 0 Å². The number of aromatic nitrogens is 3. The van der Waals surface area contributed by atoms with Gasteiger partial charge in [0.15, 0.2) is 5.82 Å². The highest BCUT2D eigenvalue weighted by molar-refractivity contribution is 5.90. The number of nitrogens with zero attached hydrogens (tertiary/aromatic N) is 3. The minimum Gasteiger partial charge on any atom is -0.496 e. The fourth-order valence-electron chi connectivity index (χ4n) is 3.29. The van der Waals surface area contributed by atoms with Crippen LogP contribution in [-0.4, -0.2) is 22.1 Å². The Balaban J connectivity index is 1.79. The highest BCUT2D eigenvalue weighted by atomic mass is 16.5. The SMILES string of the molecule is COc1ccc(C)cc1C(C)Nc1nc(-c2cccnc2)nc2ccccc12. The van der Waals surface area contributed by atoms with Gasteiger partial charge in [-0.25, -0.2) is 9.97 Å². The van der Waals surface area contributed by atoms with Crippen LogP contribution in [0.3, 0.4) is 0 Å². The molecular weight excluding hydrogens is 348 g/mol. The smallest absolute Gasteiger partial charge is 0.163 e. The molecule has 2 heterocycles. The van der Waals surface area contributed by atoms with E-state index in [1.54, 1.807) is 19.5 Å². The summed E-state index contributed by atoms with van der Waals surface area (Å²) in [6.07, 6.45) is 3.52. The summed E-state index contributed by atoms with van der Waals surface area (Å²) in [5.74, 6) is 2.30. The Morgan fingerprint density at radius 1 is 1.00 bits per heavy atom. The molecule has 0 fully saturated rings. The lowest BCUT2D eigenvalue weighted by atomic mass is 10.0. The second-order valence-corrected chi connectivity index (χ2v) is 6.77. The van der Waals surface area contributed by atoms with Crippen LogP contribution in [0.15, 0.2) is 67.0 Å². The molecule has 1 N–H and O–H groups in total. The Labute approximate surface area is 164 Å². The third-order valence-corrected chi connectivity index (χ3v) is 4.73. The molecule has 5 heteroatoms. The Kier molecular flexibility index (Phi) is 4.89. The lowest BCUT2D eigenvalue weighted by Gasteiger charge is -2.20. The zero-order valence-corrected chi connectivity index (χ0v) is 16.2. The maximum absolute atomic E-state index is 5.56. The molecule has 2 aromatic heterocycles. The number of fused-ring (bicyclic) bond motifs is 1. The maximum Gasteiger partial charge on any atom is 0.163 e. The summed E-state index contributed by atoms with van der Waals surface area (Å²) < 4.78 is 5.56. The average molecular weight is 370 g/mol. The summed E-state index contributed by atoms with van der Waals surface area (Å²) in [4.78, 5) is 13.7. The molecular formula is C23H22N4O. The molecule has 140 valence electrons. The number of aryl methyl sites for hydroxylation is 1. The van der Waals surface area contributed by atoms with Crippen molar-refractivity contribution in [1.29, 1.82) is 0 Å². The van der Waals surface area contributed by atoms with Crippen LogP contribution in [0.2, 0.25) is 0 Å². The predicted octanol–water partition coefficient (Wildman–Crippen LogP) is 5.18. The van der Waals surface area contributed by atoms with Crippen molar-refractivity contribution in [3.8, 4) is 17.1 Å². The molecule has 0 aliphatic heterocycles. The number of benzene rings is 2. The number of hydrogen-bond acceptors (Lipinski definition) is 5. The molecule has 0 aliphatic rings. The molecule has 0 radical (unpaired) electrons. The van der Waals surface area contributed by atoms with Gasteiger partial charge in [-0.2, -0.15) is 0 Å². The minimum atomic E-state index is 0.00917. The number of ether oxygens (including phenoxy) is 1. The molecule has 5 nitrogen and oxygen atoms in total. The van der Waals surface area contributed by atoms with Gasteiger partial charge >= 0.3 is 0 Å². The lowest BCUT2D eigenvalue weighted by Crippen LogP contribution is -2.11. The number of anilines is 1. The van der Waals surface area contributed by atoms with Gasteiger partial charge in [-0.3, -0.25) is 4.98 Å². The van der Waals surface area contributed by atoms with E-state index < -0.39 is 0 Å². The molecule has 1 atom stereocenters. The molecule has 0 amide bonds. The maximum atomic E-state index is 5.56. The van der Waals surface area contributed by atoms with Gasteiger partial charge in [0.25, 0.3) is 0 Å². The van der Waals surface area contributed by atoms with Crippen LogP contribution in [0.4, 0.5) is 5.82 Å². The average Bonchev–Trinajstić information content (AvgIpc) is 2.74. The summed E-state index contributed by atoms with van der Waals surface area (Å²) in [6, 6.07) is 18.1. The zero-order valence-electron chi connectivity index (χ0n) is 16.2. The molecule has 0 bridgehead atoms. The molecule has 2 aromatic carbocycles. The predicted molar refractivity (Wildman–Crippen MR) is 113 cm³/mol. The number of nitrogens with one attached hydrogen (secondary N) is 1. The van der Waals surface area contributed by atoms with Crippen molar-refractivity contribution in [2.75, 3.05) is 12.4 Å². The Bertz CT molecular complexity index is 1110. The van der Waals surface area contributed by atoms with Gasteiger partial charge in [0.1, 0.15) is 11.6 Å². The Morgan fingerprint density at radius 3 is 2.64 bits per heavy atom. The Morgan fingerprint density at radius 2 is 1.86 bits per heavy atom. The van der Waals surface area contributed by atoms with Crippen molar-refractivity contribution in [3.05, 3.63) is 78.1 Å². The van der Waals surface area contributed by atoms with E-state index in [1.807, 2.05) is 42.5 Å². The monoisotopic (exact) mass is 370 g/mol. The largest absolute Gasteiger partial charge is 0.496 e. The first-order valence-corrected chi connectivity index (χ1v) is 9.24. The van der Waals surface area contributed by atoms with Crippen LogP contribution < -0.4 is 10.1 Å². The van der Waals surface area contributed by atoms with E-state index >= 15 is 0 Å². The van der Waals surface area contributed by atoms with Gasteiger partial charge in [0, 0.05) is 28.9 Å². The molecule has 0 spiro atoms. The van der Waals surface area contributed by atoms with Crippen LogP contribution >= 0.6 is 0 Å². The minimum absolute atomic E-state index is 0.00917. The molecule has 4 aromatic rings. The fraction of sp³-hybridized carbons (Fsp3) is 0.174. The van der Waals surface area contributed by atoms with Crippen LogP contribution in [-0.2, 0) is 0 Å². The quantitative estimate of drug-likeness (QED) is 0.524. The van der Waals surface area contributed by atoms with E-state index in [0.29, 0.717) is 5.82 Å². The first kappa shape index (κ1) is 17.9. The zero-order chi connectivity index (χ0) is 19.5. The van der Waals surface area contributed by atoms with Crippen LogP contribution in [0.1, 0.15) is 24.1 Å². The van der Waals surface area contributed by atoms with E-state index in [1.165, 1.54) is 5.56 Å². The number of methoxy groups -OCH3 is 1. The van der Waals surface area contributed by atoms with E-state index in [4.69, 9.17) is 14.7 Å². The summed E-state index contributed by atoms with van der Waals surface area (Å²) in [7, 11) is 1.70. The number of pyridine rings is 1. The lowest BCUT2D eigenvalue weighted by molar-refractivity contribution is 0.408. The summed E-state index contributed by atoms with van der Waals surface area (Å²) in [5.41, 5.74) is 4.06. The van der Waals surface area contributed by atoms with Gasteiger partial charge in [0.05, 0.1) is 18.7 Å². The molecule has 0 aliphatic carbocycles. The van der Waals surface area contributed by atoms with Crippen molar-refractivity contribution in [2.24, 2.45) is 0 Å². The van der Waals surface area contributed by atoms with Crippen molar-refractivity contribution in [1.82, 2.24) is 15.0 Å². The fourth-order valence-corrected chi connectivity index (χ4v) is 3.29. The van der Waals surface area contributed by atoms with Crippen LogP contribution in [0, 0.1) is 6.92 Å². The van der Waals surface area contributed by atoms with Crippen LogP contribution in [0.5, 0.6) is 5.75 Å². The molecule has 0 saturated carbocycles. The van der Waals surface area contributed by atoms with E-state index in [-0.39, 0.29) is 6.04 Å².